The topological polar surface area (TPSA) is 64.9 Å². The van der Waals surface area contributed by atoms with E-state index in [4.69, 9.17) is 10.3 Å². The fraction of sp³-hybridized carbons (Fsp3) is 0.867. The van der Waals surface area contributed by atoms with Gasteiger partial charge in [0.1, 0.15) is 0 Å². The Morgan fingerprint density at radius 3 is 2.75 bits per heavy atom. The molecule has 1 aromatic heterocycles. The normalized spacial score (nSPS) is 26.6. The maximum Gasteiger partial charge on any atom is 0.227 e. The van der Waals surface area contributed by atoms with Crippen molar-refractivity contribution in [2.75, 3.05) is 12.3 Å². The summed E-state index contributed by atoms with van der Waals surface area (Å²) in [4.78, 5) is 4.67. The Hall–Kier alpha value is -0.550. The number of aromatic nitrogens is 2. The Morgan fingerprint density at radius 1 is 1.20 bits per heavy atom. The van der Waals surface area contributed by atoms with Gasteiger partial charge in [-0.2, -0.15) is 16.7 Å². The van der Waals surface area contributed by atoms with Gasteiger partial charge in [0.15, 0.2) is 5.82 Å². The zero-order valence-electron chi connectivity index (χ0n) is 12.1. The van der Waals surface area contributed by atoms with Crippen LogP contribution in [-0.2, 0) is 6.42 Å². The second-order valence-electron chi connectivity index (χ2n) is 6.34. The van der Waals surface area contributed by atoms with Crippen LogP contribution < -0.4 is 5.73 Å². The molecule has 2 N–H and O–H groups in total. The van der Waals surface area contributed by atoms with Crippen LogP contribution in [0.4, 0.5) is 0 Å². The number of nitrogens with two attached hydrogens (primary N) is 1. The average Bonchev–Trinajstić information content (AvgIpc) is 2.97. The molecule has 0 radical (unpaired) electrons. The second kappa shape index (κ2) is 6.48. The molecule has 5 heteroatoms. The van der Waals surface area contributed by atoms with Crippen LogP contribution in [-0.4, -0.2) is 22.4 Å². The van der Waals surface area contributed by atoms with E-state index < -0.39 is 0 Å². The van der Waals surface area contributed by atoms with Crippen LogP contribution in [0.25, 0.3) is 0 Å². The predicted molar refractivity (Wildman–Crippen MR) is 81.6 cm³/mol. The first-order valence-electron chi connectivity index (χ1n) is 7.95. The van der Waals surface area contributed by atoms with Gasteiger partial charge in [-0.3, -0.25) is 0 Å². The highest BCUT2D eigenvalue weighted by atomic mass is 32.2. The molecule has 1 saturated heterocycles. The summed E-state index contributed by atoms with van der Waals surface area (Å²) in [5, 5.41) is 4.67. The summed E-state index contributed by atoms with van der Waals surface area (Å²) in [6.45, 7) is 0.739. The lowest BCUT2D eigenvalue weighted by Gasteiger charge is -2.34. The van der Waals surface area contributed by atoms with Gasteiger partial charge in [0.05, 0.1) is 5.25 Å². The molecule has 1 aliphatic carbocycles. The minimum atomic E-state index is 0.210. The molecule has 1 aliphatic heterocycles. The first-order valence-corrected chi connectivity index (χ1v) is 9.00. The number of thioether (sulfide) groups is 1. The van der Waals surface area contributed by atoms with Crippen LogP contribution in [0.2, 0.25) is 0 Å². The maximum atomic E-state index is 6.04. The first kappa shape index (κ1) is 14.4. The minimum absolute atomic E-state index is 0.210. The van der Waals surface area contributed by atoms with Gasteiger partial charge < -0.3 is 10.3 Å². The molecule has 2 heterocycles. The van der Waals surface area contributed by atoms with Gasteiger partial charge in [-0.1, -0.05) is 30.8 Å². The first-order chi connectivity index (χ1) is 9.81. The molecule has 1 saturated carbocycles. The summed E-state index contributed by atoms with van der Waals surface area (Å²) >= 11 is 1.97. The van der Waals surface area contributed by atoms with Crippen molar-refractivity contribution < 1.29 is 4.52 Å². The Bertz CT molecular complexity index is 423. The van der Waals surface area contributed by atoms with E-state index in [1.165, 1.54) is 57.1 Å². The average molecular weight is 295 g/mol. The molecule has 1 unspecified atom stereocenters. The van der Waals surface area contributed by atoms with Crippen molar-refractivity contribution >= 4 is 11.8 Å². The predicted octanol–water partition coefficient (Wildman–Crippen LogP) is 3.48. The molecule has 4 nitrogen and oxygen atoms in total. The molecule has 0 bridgehead atoms. The van der Waals surface area contributed by atoms with E-state index in [9.17, 15) is 0 Å². The van der Waals surface area contributed by atoms with Gasteiger partial charge in [0.25, 0.3) is 0 Å². The number of rotatable bonds is 4. The van der Waals surface area contributed by atoms with Crippen molar-refractivity contribution in [2.24, 2.45) is 11.1 Å². The van der Waals surface area contributed by atoms with Gasteiger partial charge in [-0.15, -0.1) is 0 Å². The number of nitrogens with zero attached hydrogens (tertiary/aromatic N) is 2. The zero-order valence-corrected chi connectivity index (χ0v) is 13.0. The van der Waals surface area contributed by atoms with Gasteiger partial charge in [0.2, 0.25) is 5.89 Å². The van der Waals surface area contributed by atoms with Gasteiger partial charge >= 0.3 is 0 Å². The third-order valence-corrected chi connectivity index (χ3v) is 6.20. The van der Waals surface area contributed by atoms with E-state index in [1.54, 1.807) is 0 Å². The van der Waals surface area contributed by atoms with Crippen LogP contribution in [0, 0.1) is 5.41 Å². The summed E-state index contributed by atoms with van der Waals surface area (Å²) in [5.41, 5.74) is 6.25. The molecular weight excluding hydrogens is 270 g/mol. The Morgan fingerprint density at radius 2 is 2.05 bits per heavy atom. The van der Waals surface area contributed by atoms with E-state index in [0.29, 0.717) is 5.25 Å². The quantitative estimate of drug-likeness (QED) is 0.921. The lowest BCUT2D eigenvalue weighted by molar-refractivity contribution is 0.177. The van der Waals surface area contributed by atoms with E-state index in [1.807, 2.05) is 11.8 Å². The van der Waals surface area contributed by atoms with E-state index in [-0.39, 0.29) is 5.41 Å². The van der Waals surface area contributed by atoms with Crippen molar-refractivity contribution in [3.8, 4) is 0 Å². The van der Waals surface area contributed by atoms with Gasteiger partial charge in [-0.05, 0) is 43.4 Å². The summed E-state index contributed by atoms with van der Waals surface area (Å²) in [6, 6.07) is 0. The summed E-state index contributed by atoms with van der Waals surface area (Å²) in [7, 11) is 0. The van der Waals surface area contributed by atoms with Crippen molar-refractivity contribution in [2.45, 2.75) is 63.0 Å². The monoisotopic (exact) mass is 295 g/mol. The van der Waals surface area contributed by atoms with Crippen LogP contribution >= 0.6 is 11.8 Å². The maximum absolute atomic E-state index is 6.04. The Labute approximate surface area is 125 Å². The second-order valence-corrected chi connectivity index (χ2v) is 7.65. The molecule has 0 spiro atoms. The molecule has 2 fully saturated rings. The van der Waals surface area contributed by atoms with Crippen LogP contribution in [0.3, 0.4) is 0 Å². The third kappa shape index (κ3) is 3.19. The summed E-state index contributed by atoms with van der Waals surface area (Å²) in [5.74, 6) is 2.94. The Balaban J connectivity index is 1.66. The summed E-state index contributed by atoms with van der Waals surface area (Å²) < 4.78 is 5.52. The molecule has 0 amide bonds. The lowest BCUT2D eigenvalue weighted by atomic mass is 9.72. The number of hydrogen-bond acceptors (Lipinski definition) is 5. The molecule has 1 aromatic rings. The molecular formula is C15H25N3OS. The smallest absolute Gasteiger partial charge is 0.227 e. The van der Waals surface area contributed by atoms with Crippen LogP contribution in [0.1, 0.15) is 68.3 Å². The number of hydrogen-bond donors (Lipinski definition) is 1. The molecule has 3 rings (SSSR count). The molecule has 112 valence electrons. The van der Waals surface area contributed by atoms with E-state index in [2.05, 4.69) is 10.1 Å². The van der Waals surface area contributed by atoms with Crippen molar-refractivity contribution in [1.82, 2.24) is 10.1 Å². The van der Waals surface area contributed by atoms with Crippen molar-refractivity contribution in [1.29, 1.82) is 0 Å². The molecule has 20 heavy (non-hydrogen) atoms. The third-order valence-electron chi connectivity index (χ3n) is 4.82. The van der Waals surface area contributed by atoms with Crippen LogP contribution in [0.15, 0.2) is 4.52 Å². The van der Waals surface area contributed by atoms with E-state index >= 15 is 0 Å². The fourth-order valence-corrected chi connectivity index (χ4v) is 4.72. The highest BCUT2D eigenvalue weighted by Gasteiger charge is 2.33. The van der Waals surface area contributed by atoms with Crippen molar-refractivity contribution in [3.05, 3.63) is 11.7 Å². The summed E-state index contributed by atoms with van der Waals surface area (Å²) in [6.07, 6.45) is 11.0. The Kier molecular flexibility index (Phi) is 4.66. The highest BCUT2D eigenvalue weighted by molar-refractivity contribution is 7.99. The fourth-order valence-electron chi connectivity index (χ4n) is 3.49. The molecule has 0 aromatic carbocycles. The zero-order chi connectivity index (χ0) is 13.8. The van der Waals surface area contributed by atoms with Crippen molar-refractivity contribution in [3.63, 3.8) is 0 Å². The molecule has 1 atom stereocenters. The highest BCUT2D eigenvalue weighted by Crippen LogP contribution is 2.39. The van der Waals surface area contributed by atoms with Gasteiger partial charge in [0, 0.05) is 6.42 Å². The van der Waals surface area contributed by atoms with Gasteiger partial charge in [-0.25, -0.2) is 0 Å². The standard InChI is InChI=1S/C15H25N3OS/c16-11-15(7-3-1-4-8-15)10-13-17-14(18-19-13)12-6-2-5-9-20-12/h12H,1-11,16H2. The van der Waals surface area contributed by atoms with Crippen LogP contribution in [0.5, 0.6) is 0 Å². The lowest BCUT2D eigenvalue weighted by Crippen LogP contribution is -2.35. The SMILES string of the molecule is NCC1(Cc2nc(C3CCCCS3)no2)CCCCC1. The largest absolute Gasteiger partial charge is 0.339 e. The molecule has 2 aliphatic rings. The minimum Gasteiger partial charge on any atom is -0.339 e. The van der Waals surface area contributed by atoms with E-state index in [0.717, 1.165) is 24.7 Å².